The summed E-state index contributed by atoms with van der Waals surface area (Å²) in [7, 11) is 0. The second-order valence-corrected chi connectivity index (χ2v) is 23.3. The predicted octanol–water partition coefficient (Wildman–Crippen LogP) is 17.1. The molecule has 5 aliphatic rings. The Hall–Kier alpha value is -5.66. The van der Waals surface area contributed by atoms with E-state index in [1.165, 1.54) is 151 Å². The highest BCUT2D eigenvalue weighted by atomic mass is 15.1. The number of benzene rings is 7. The summed E-state index contributed by atoms with van der Waals surface area (Å²) in [4.78, 5) is 2.70. The molecule has 7 aromatic rings. The Bertz CT molecular complexity index is 3000. The third kappa shape index (κ3) is 5.82. The van der Waals surface area contributed by atoms with Gasteiger partial charge in [0.1, 0.15) is 0 Å². The molecule has 0 atom stereocenters. The molecule has 65 heavy (non-hydrogen) atoms. The quantitative estimate of drug-likeness (QED) is 0.171. The van der Waals surface area contributed by atoms with Crippen molar-refractivity contribution in [3.05, 3.63) is 195 Å². The van der Waals surface area contributed by atoms with E-state index in [1.807, 2.05) is 0 Å². The lowest BCUT2D eigenvalue weighted by Crippen LogP contribution is -2.34. The van der Waals surface area contributed by atoms with Crippen molar-refractivity contribution in [3.8, 4) is 33.4 Å². The number of anilines is 3. The molecule has 12 rings (SSSR count). The zero-order valence-corrected chi connectivity index (χ0v) is 40.3. The van der Waals surface area contributed by atoms with E-state index in [0.717, 1.165) is 6.42 Å². The number of hydrogen-bond acceptors (Lipinski definition) is 1. The molecule has 0 heterocycles. The molecular weight excluding hydrogens is 783 g/mol. The molecule has 0 amide bonds. The Morgan fingerprint density at radius 2 is 0.785 bits per heavy atom. The lowest BCUT2D eigenvalue weighted by atomic mass is 9.63. The third-order valence-electron chi connectivity index (χ3n) is 17.5. The molecule has 5 aliphatic carbocycles. The van der Waals surface area contributed by atoms with Crippen LogP contribution in [0.3, 0.4) is 0 Å². The fourth-order valence-electron chi connectivity index (χ4n) is 13.6. The van der Waals surface area contributed by atoms with Crippen molar-refractivity contribution >= 4 is 17.1 Å². The SMILES string of the molecule is Cc1cc2c(cc1-c1cc3c(cc1N(c1ccc4c(c1)C(C)(C)CCC4(C)C)c1ccc4c(c1)C(C)(C)CCC4(C)C)C1(c4ccccc4-c4ccccc41)c1ccccc1-3)CCCC2. The van der Waals surface area contributed by atoms with E-state index in [9.17, 15) is 0 Å². The van der Waals surface area contributed by atoms with Gasteiger partial charge in [0.2, 0.25) is 0 Å². The van der Waals surface area contributed by atoms with Crippen LogP contribution in [0, 0.1) is 6.92 Å². The average molecular weight is 848 g/mol. The van der Waals surface area contributed by atoms with Crippen LogP contribution in [0.25, 0.3) is 33.4 Å². The number of nitrogens with zero attached hydrogens (tertiary/aromatic N) is 1. The van der Waals surface area contributed by atoms with Crippen LogP contribution < -0.4 is 4.90 Å². The molecule has 0 fully saturated rings. The van der Waals surface area contributed by atoms with E-state index < -0.39 is 5.41 Å². The summed E-state index contributed by atoms with van der Waals surface area (Å²) < 4.78 is 0. The van der Waals surface area contributed by atoms with E-state index >= 15 is 0 Å². The summed E-state index contributed by atoms with van der Waals surface area (Å²) in [6.07, 6.45) is 9.62. The van der Waals surface area contributed by atoms with Crippen molar-refractivity contribution in [3.63, 3.8) is 0 Å². The van der Waals surface area contributed by atoms with Gasteiger partial charge in [0.05, 0.1) is 11.1 Å². The predicted molar refractivity (Wildman–Crippen MR) is 275 cm³/mol. The molecule has 1 spiro atoms. The normalized spacial score (nSPS) is 19.3. The lowest BCUT2D eigenvalue weighted by Gasteiger charge is -2.43. The van der Waals surface area contributed by atoms with Gasteiger partial charge in [-0.1, -0.05) is 152 Å². The van der Waals surface area contributed by atoms with Gasteiger partial charge in [-0.3, -0.25) is 0 Å². The van der Waals surface area contributed by atoms with Crippen molar-refractivity contribution in [1.29, 1.82) is 0 Å². The van der Waals surface area contributed by atoms with Crippen LogP contribution in [0.2, 0.25) is 0 Å². The van der Waals surface area contributed by atoms with Crippen LogP contribution in [-0.2, 0) is 39.9 Å². The number of fused-ring (bicyclic) bond motifs is 13. The summed E-state index contributed by atoms with van der Waals surface area (Å²) in [6.45, 7) is 22.1. The second kappa shape index (κ2) is 13.9. The van der Waals surface area contributed by atoms with Crippen LogP contribution in [0.15, 0.2) is 133 Å². The number of rotatable bonds is 4. The Morgan fingerprint density at radius 3 is 1.28 bits per heavy atom. The van der Waals surface area contributed by atoms with Crippen LogP contribution in [0.4, 0.5) is 17.1 Å². The standard InChI is InChI=1S/C64H65N/c1-40-34-41-18-10-11-19-42(41)35-48(40)50-38-49-47-22-14-17-25-53(47)64(51-23-15-12-20-45(51)46-21-13-16-24-52(46)64)56(49)39-59(50)65(43-26-28-54-57(36-43)62(6,7)32-30-60(54,2)3)44-27-29-55-58(37-44)63(8,9)33-31-61(55,4)5/h12-17,20-29,34-39H,10-11,18-19,30-33H2,1-9H3. The number of aryl methyl sites for hydroxylation is 3. The molecule has 0 radical (unpaired) electrons. The fraction of sp³-hybridized carbons (Fsp3) is 0.344. The van der Waals surface area contributed by atoms with Gasteiger partial charge in [-0.2, -0.15) is 0 Å². The van der Waals surface area contributed by atoms with E-state index in [-0.39, 0.29) is 21.7 Å². The first-order valence-corrected chi connectivity index (χ1v) is 24.8. The van der Waals surface area contributed by atoms with Gasteiger partial charge in [-0.25, -0.2) is 0 Å². The molecule has 0 saturated heterocycles. The average Bonchev–Trinajstić information content (AvgIpc) is 3.76. The van der Waals surface area contributed by atoms with Crippen LogP contribution in [0.5, 0.6) is 0 Å². The zero-order chi connectivity index (χ0) is 44.8. The van der Waals surface area contributed by atoms with Gasteiger partial charge in [0, 0.05) is 16.9 Å². The van der Waals surface area contributed by atoms with E-state index in [1.54, 1.807) is 5.56 Å². The third-order valence-corrected chi connectivity index (χ3v) is 17.5. The van der Waals surface area contributed by atoms with Gasteiger partial charge in [-0.15, -0.1) is 0 Å². The monoisotopic (exact) mass is 848 g/mol. The summed E-state index contributed by atoms with van der Waals surface area (Å²) in [5, 5.41) is 0. The summed E-state index contributed by atoms with van der Waals surface area (Å²) in [5.74, 6) is 0. The van der Waals surface area contributed by atoms with Crippen molar-refractivity contribution in [2.75, 3.05) is 4.90 Å². The molecule has 0 bridgehead atoms. The van der Waals surface area contributed by atoms with Gasteiger partial charge in [0.25, 0.3) is 0 Å². The van der Waals surface area contributed by atoms with Crippen LogP contribution in [-0.4, -0.2) is 0 Å². The Kier molecular flexibility index (Phi) is 8.75. The highest BCUT2D eigenvalue weighted by Gasteiger charge is 2.52. The Labute approximate surface area is 389 Å². The maximum atomic E-state index is 2.70. The van der Waals surface area contributed by atoms with Crippen LogP contribution >= 0.6 is 0 Å². The first-order valence-electron chi connectivity index (χ1n) is 24.8. The molecule has 0 saturated carbocycles. The lowest BCUT2D eigenvalue weighted by molar-refractivity contribution is 0.332. The molecule has 0 aliphatic heterocycles. The highest BCUT2D eigenvalue weighted by molar-refractivity contribution is 6.00. The second-order valence-electron chi connectivity index (χ2n) is 23.3. The fourth-order valence-corrected chi connectivity index (χ4v) is 13.6. The van der Waals surface area contributed by atoms with Crippen molar-refractivity contribution < 1.29 is 0 Å². The highest BCUT2D eigenvalue weighted by Crippen LogP contribution is 2.64. The minimum absolute atomic E-state index is 0.0627. The van der Waals surface area contributed by atoms with Crippen molar-refractivity contribution in [2.45, 2.75) is 141 Å². The first-order chi connectivity index (χ1) is 31.1. The largest absolute Gasteiger partial charge is 0.310 e. The molecule has 7 aromatic carbocycles. The van der Waals surface area contributed by atoms with Crippen LogP contribution in [0.1, 0.15) is 155 Å². The van der Waals surface area contributed by atoms with Gasteiger partial charge in [0.15, 0.2) is 0 Å². The molecule has 1 nitrogen and oxygen atoms in total. The maximum absolute atomic E-state index is 2.70. The molecule has 0 N–H and O–H groups in total. The number of hydrogen-bond donors (Lipinski definition) is 0. The first kappa shape index (κ1) is 40.8. The zero-order valence-electron chi connectivity index (χ0n) is 40.3. The van der Waals surface area contributed by atoms with E-state index in [2.05, 4.69) is 201 Å². The minimum Gasteiger partial charge on any atom is -0.310 e. The van der Waals surface area contributed by atoms with Gasteiger partial charge in [-0.05, 0) is 205 Å². The van der Waals surface area contributed by atoms with Crippen molar-refractivity contribution in [1.82, 2.24) is 0 Å². The summed E-state index contributed by atoms with van der Waals surface area (Å²) in [6, 6.07) is 53.5. The van der Waals surface area contributed by atoms with Gasteiger partial charge >= 0.3 is 0 Å². The van der Waals surface area contributed by atoms with Crippen molar-refractivity contribution in [2.24, 2.45) is 0 Å². The Morgan fingerprint density at radius 1 is 0.354 bits per heavy atom. The molecule has 0 aromatic heterocycles. The molecule has 326 valence electrons. The summed E-state index contributed by atoms with van der Waals surface area (Å²) in [5.41, 5.74) is 27.7. The van der Waals surface area contributed by atoms with E-state index in [0.29, 0.717) is 0 Å². The Balaban J connectivity index is 1.22. The van der Waals surface area contributed by atoms with E-state index in [4.69, 9.17) is 0 Å². The molecular formula is C64H65N. The smallest absolute Gasteiger partial charge is 0.0726 e. The molecule has 1 heteroatoms. The van der Waals surface area contributed by atoms with Gasteiger partial charge < -0.3 is 4.90 Å². The minimum atomic E-state index is -0.452. The summed E-state index contributed by atoms with van der Waals surface area (Å²) >= 11 is 0. The topological polar surface area (TPSA) is 3.24 Å². The maximum Gasteiger partial charge on any atom is 0.0726 e. The molecule has 0 unspecified atom stereocenters.